The molecule has 0 aliphatic rings. The van der Waals surface area contributed by atoms with Crippen LogP contribution >= 0.6 is 0 Å². The summed E-state index contributed by atoms with van der Waals surface area (Å²) in [5.74, 6) is 0.925. The van der Waals surface area contributed by atoms with Gasteiger partial charge in [-0.3, -0.25) is 9.59 Å². The summed E-state index contributed by atoms with van der Waals surface area (Å²) >= 11 is 0. The van der Waals surface area contributed by atoms with Gasteiger partial charge in [0.1, 0.15) is 5.75 Å². The summed E-state index contributed by atoms with van der Waals surface area (Å²) in [5, 5.41) is 11.5. The van der Waals surface area contributed by atoms with E-state index >= 15 is 0 Å². The molecule has 3 aromatic rings. The largest absolute Gasteiger partial charge is 0.497 e. The molecular formula is C19H21N5O3. The fourth-order valence-corrected chi connectivity index (χ4v) is 2.71. The molecule has 0 aliphatic heterocycles. The number of nitrogens with one attached hydrogen (secondary N) is 1. The van der Waals surface area contributed by atoms with E-state index < -0.39 is 0 Å². The van der Waals surface area contributed by atoms with Crippen molar-refractivity contribution in [3.05, 3.63) is 69.8 Å². The van der Waals surface area contributed by atoms with Crippen molar-refractivity contribution in [3.8, 4) is 11.6 Å². The van der Waals surface area contributed by atoms with Crippen LogP contribution < -0.4 is 15.6 Å². The van der Waals surface area contributed by atoms with E-state index in [1.165, 1.54) is 10.7 Å². The molecule has 3 rings (SSSR count). The van der Waals surface area contributed by atoms with E-state index in [2.05, 4.69) is 15.5 Å². The molecule has 0 unspecified atom stereocenters. The standard InChI is InChI=1S/C19H21N5O3/c1-13-11-14(2)24(21-13)17-7-8-18(25)23(22-17)10-9-20-19(26)15-5-4-6-16(12-15)27-3/h4-8,11-12H,9-10H2,1-3H3,(H,20,26). The molecule has 2 aromatic heterocycles. The molecule has 0 bridgehead atoms. The minimum atomic E-state index is -0.240. The fourth-order valence-electron chi connectivity index (χ4n) is 2.71. The molecule has 0 spiro atoms. The number of benzene rings is 1. The van der Waals surface area contributed by atoms with E-state index in [1.807, 2.05) is 19.9 Å². The Kier molecular flexibility index (Phi) is 5.35. The Labute approximate surface area is 156 Å². The van der Waals surface area contributed by atoms with E-state index in [0.717, 1.165) is 11.4 Å². The number of methoxy groups -OCH3 is 1. The number of aromatic nitrogens is 4. The lowest BCUT2D eigenvalue weighted by Crippen LogP contribution is -2.32. The number of nitrogens with zero attached hydrogens (tertiary/aromatic N) is 4. The highest BCUT2D eigenvalue weighted by molar-refractivity contribution is 5.94. The minimum absolute atomic E-state index is 0.239. The summed E-state index contributed by atoms with van der Waals surface area (Å²) in [4.78, 5) is 24.3. The average molecular weight is 367 g/mol. The van der Waals surface area contributed by atoms with Crippen LogP contribution in [0.15, 0.2) is 47.3 Å². The number of aryl methyl sites for hydroxylation is 2. The van der Waals surface area contributed by atoms with Gasteiger partial charge in [-0.2, -0.15) is 5.10 Å². The van der Waals surface area contributed by atoms with Crippen LogP contribution in [0.25, 0.3) is 5.82 Å². The zero-order valence-corrected chi connectivity index (χ0v) is 15.5. The predicted octanol–water partition coefficient (Wildman–Crippen LogP) is 1.48. The average Bonchev–Trinajstić information content (AvgIpc) is 3.01. The monoisotopic (exact) mass is 367 g/mol. The second-order valence-electron chi connectivity index (χ2n) is 6.08. The third kappa shape index (κ3) is 4.22. The van der Waals surface area contributed by atoms with Crippen LogP contribution in [0.2, 0.25) is 0 Å². The molecular weight excluding hydrogens is 346 g/mol. The maximum atomic E-state index is 12.2. The van der Waals surface area contributed by atoms with E-state index in [4.69, 9.17) is 4.74 Å². The SMILES string of the molecule is COc1cccc(C(=O)NCCn2nc(-n3nc(C)cc3C)ccc2=O)c1. The number of ether oxygens (including phenoxy) is 1. The fraction of sp³-hybridized carbons (Fsp3) is 0.263. The molecule has 1 aromatic carbocycles. The Balaban J connectivity index is 1.69. The van der Waals surface area contributed by atoms with Crippen molar-refractivity contribution in [1.29, 1.82) is 0 Å². The van der Waals surface area contributed by atoms with Crippen molar-refractivity contribution in [2.75, 3.05) is 13.7 Å². The molecule has 0 aliphatic carbocycles. The van der Waals surface area contributed by atoms with E-state index in [9.17, 15) is 9.59 Å². The van der Waals surface area contributed by atoms with Gasteiger partial charge in [0.25, 0.3) is 11.5 Å². The third-order valence-electron chi connectivity index (χ3n) is 4.02. The van der Waals surface area contributed by atoms with Crippen molar-refractivity contribution in [2.24, 2.45) is 0 Å². The highest BCUT2D eigenvalue weighted by Gasteiger charge is 2.09. The quantitative estimate of drug-likeness (QED) is 0.713. The van der Waals surface area contributed by atoms with Gasteiger partial charge in [-0.25, -0.2) is 9.36 Å². The van der Waals surface area contributed by atoms with Gasteiger partial charge in [-0.05, 0) is 44.2 Å². The van der Waals surface area contributed by atoms with Crippen LogP contribution in [-0.2, 0) is 6.54 Å². The Hall–Kier alpha value is -3.42. The minimum Gasteiger partial charge on any atom is -0.497 e. The summed E-state index contributed by atoms with van der Waals surface area (Å²) in [6.45, 7) is 4.34. The van der Waals surface area contributed by atoms with Crippen LogP contribution in [0, 0.1) is 13.8 Å². The number of rotatable bonds is 6. The Morgan fingerprint density at radius 1 is 1.15 bits per heavy atom. The first kappa shape index (κ1) is 18.4. The molecule has 27 heavy (non-hydrogen) atoms. The summed E-state index contributed by atoms with van der Waals surface area (Å²) in [7, 11) is 1.55. The number of hydrogen-bond acceptors (Lipinski definition) is 5. The van der Waals surface area contributed by atoms with Crippen molar-refractivity contribution in [1.82, 2.24) is 24.9 Å². The first-order valence-corrected chi connectivity index (χ1v) is 8.52. The molecule has 0 fully saturated rings. The molecule has 0 saturated carbocycles. The zero-order chi connectivity index (χ0) is 19.4. The van der Waals surface area contributed by atoms with E-state index in [-0.39, 0.29) is 24.6 Å². The molecule has 1 N–H and O–H groups in total. The lowest BCUT2D eigenvalue weighted by atomic mass is 10.2. The van der Waals surface area contributed by atoms with Crippen LogP contribution in [0.1, 0.15) is 21.7 Å². The molecule has 1 amide bonds. The highest BCUT2D eigenvalue weighted by Crippen LogP contribution is 2.12. The van der Waals surface area contributed by atoms with Crippen LogP contribution in [0.4, 0.5) is 0 Å². The number of hydrogen-bond donors (Lipinski definition) is 1. The molecule has 0 saturated heterocycles. The smallest absolute Gasteiger partial charge is 0.266 e. The highest BCUT2D eigenvalue weighted by atomic mass is 16.5. The second-order valence-corrected chi connectivity index (χ2v) is 6.08. The van der Waals surface area contributed by atoms with Gasteiger partial charge >= 0.3 is 0 Å². The van der Waals surface area contributed by atoms with Crippen molar-refractivity contribution in [2.45, 2.75) is 20.4 Å². The number of amides is 1. The molecule has 0 atom stereocenters. The van der Waals surface area contributed by atoms with Gasteiger partial charge in [-0.1, -0.05) is 6.07 Å². The summed E-state index contributed by atoms with van der Waals surface area (Å²) in [6.07, 6.45) is 0. The van der Waals surface area contributed by atoms with Crippen LogP contribution in [0.3, 0.4) is 0 Å². The van der Waals surface area contributed by atoms with Gasteiger partial charge in [0.15, 0.2) is 5.82 Å². The summed E-state index contributed by atoms with van der Waals surface area (Å²) < 4.78 is 8.12. The Morgan fingerprint density at radius 2 is 1.96 bits per heavy atom. The third-order valence-corrected chi connectivity index (χ3v) is 4.02. The lowest BCUT2D eigenvalue weighted by Gasteiger charge is -2.09. The van der Waals surface area contributed by atoms with E-state index in [0.29, 0.717) is 17.1 Å². The topological polar surface area (TPSA) is 91.0 Å². The van der Waals surface area contributed by atoms with Gasteiger partial charge < -0.3 is 10.1 Å². The molecule has 140 valence electrons. The lowest BCUT2D eigenvalue weighted by molar-refractivity contribution is 0.0951. The number of carbonyl (C=O) groups excluding carboxylic acids is 1. The molecule has 8 heteroatoms. The van der Waals surface area contributed by atoms with Crippen molar-refractivity contribution < 1.29 is 9.53 Å². The van der Waals surface area contributed by atoms with E-state index in [1.54, 1.807) is 42.1 Å². The molecule has 2 heterocycles. The Bertz CT molecular complexity index is 1020. The molecule has 8 nitrogen and oxygen atoms in total. The number of carbonyl (C=O) groups is 1. The normalized spacial score (nSPS) is 10.6. The second kappa shape index (κ2) is 7.86. The zero-order valence-electron chi connectivity index (χ0n) is 15.5. The van der Waals surface area contributed by atoms with Crippen LogP contribution in [0.5, 0.6) is 5.75 Å². The van der Waals surface area contributed by atoms with Crippen molar-refractivity contribution >= 4 is 5.91 Å². The van der Waals surface area contributed by atoms with Crippen LogP contribution in [-0.4, -0.2) is 39.1 Å². The predicted molar refractivity (Wildman–Crippen MR) is 100 cm³/mol. The van der Waals surface area contributed by atoms with Gasteiger partial charge in [0.05, 0.1) is 19.3 Å². The maximum Gasteiger partial charge on any atom is 0.266 e. The van der Waals surface area contributed by atoms with Gasteiger partial charge in [0, 0.05) is 23.9 Å². The first-order chi connectivity index (χ1) is 13.0. The summed E-state index contributed by atoms with van der Waals surface area (Å²) in [5.41, 5.74) is 2.05. The molecule has 0 radical (unpaired) electrons. The van der Waals surface area contributed by atoms with Gasteiger partial charge in [-0.15, -0.1) is 5.10 Å². The first-order valence-electron chi connectivity index (χ1n) is 8.52. The van der Waals surface area contributed by atoms with Crippen molar-refractivity contribution in [3.63, 3.8) is 0 Å². The Morgan fingerprint density at radius 3 is 2.67 bits per heavy atom. The maximum absolute atomic E-state index is 12.2. The summed E-state index contributed by atoms with van der Waals surface area (Å²) in [6, 6.07) is 11.9. The van der Waals surface area contributed by atoms with Gasteiger partial charge in [0.2, 0.25) is 0 Å².